The van der Waals surface area contributed by atoms with Crippen LogP contribution in [0.5, 0.6) is 0 Å². The van der Waals surface area contributed by atoms with E-state index in [0.717, 1.165) is 39.1 Å². The molecular formula is C16H15N3O2S2. The fourth-order valence-electron chi connectivity index (χ4n) is 2.82. The van der Waals surface area contributed by atoms with E-state index >= 15 is 0 Å². The molecule has 1 fully saturated rings. The van der Waals surface area contributed by atoms with Gasteiger partial charge in [-0.2, -0.15) is 0 Å². The van der Waals surface area contributed by atoms with Gasteiger partial charge in [-0.3, -0.25) is 4.79 Å². The van der Waals surface area contributed by atoms with E-state index in [1.165, 1.54) is 0 Å². The van der Waals surface area contributed by atoms with Crippen molar-refractivity contribution >= 4 is 44.1 Å². The minimum atomic E-state index is -0.684. The van der Waals surface area contributed by atoms with Crippen LogP contribution in [0, 0.1) is 5.92 Å². The summed E-state index contributed by atoms with van der Waals surface area (Å²) in [5.74, 6) is -0.902. The highest BCUT2D eigenvalue weighted by molar-refractivity contribution is 7.21. The molecule has 0 saturated carbocycles. The molecule has 3 aromatic rings. The van der Waals surface area contributed by atoms with Crippen LogP contribution in [0.2, 0.25) is 0 Å². The van der Waals surface area contributed by atoms with Crippen molar-refractivity contribution in [2.24, 2.45) is 5.92 Å². The van der Waals surface area contributed by atoms with Crippen molar-refractivity contribution < 1.29 is 9.90 Å². The van der Waals surface area contributed by atoms with E-state index in [4.69, 9.17) is 10.1 Å². The van der Waals surface area contributed by atoms with Gasteiger partial charge in [0, 0.05) is 13.1 Å². The lowest BCUT2D eigenvalue weighted by molar-refractivity contribution is -0.142. The van der Waals surface area contributed by atoms with Gasteiger partial charge in [0.25, 0.3) is 0 Å². The third-order valence-corrected chi connectivity index (χ3v) is 6.05. The maximum Gasteiger partial charge on any atom is 0.306 e. The van der Waals surface area contributed by atoms with Crippen LogP contribution in [0.25, 0.3) is 20.9 Å². The van der Waals surface area contributed by atoms with Crippen LogP contribution in [0.4, 0.5) is 5.13 Å². The summed E-state index contributed by atoms with van der Waals surface area (Å²) < 4.78 is 0. The molecule has 0 radical (unpaired) electrons. The number of hydrogen-bond donors (Lipinski definition) is 1. The van der Waals surface area contributed by atoms with Crippen molar-refractivity contribution in [1.29, 1.82) is 0 Å². The first kappa shape index (κ1) is 14.6. The molecule has 5 nitrogen and oxygen atoms in total. The average Bonchev–Trinajstić information content (AvgIpc) is 3.23. The molecule has 3 aromatic heterocycles. The van der Waals surface area contributed by atoms with E-state index in [1.807, 2.05) is 23.6 Å². The van der Waals surface area contributed by atoms with Crippen LogP contribution < -0.4 is 4.90 Å². The highest BCUT2D eigenvalue weighted by Crippen LogP contribution is 2.32. The van der Waals surface area contributed by atoms with E-state index in [-0.39, 0.29) is 5.92 Å². The largest absolute Gasteiger partial charge is 0.481 e. The fourth-order valence-corrected chi connectivity index (χ4v) is 4.51. The molecule has 4 heterocycles. The number of aromatic nitrogens is 2. The first-order valence-corrected chi connectivity index (χ1v) is 9.19. The number of anilines is 1. The number of carboxylic acids is 1. The van der Waals surface area contributed by atoms with Gasteiger partial charge in [-0.1, -0.05) is 17.4 Å². The second-order valence-corrected chi connectivity index (χ2v) is 7.50. The van der Waals surface area contributed by atoms with Gasteiger partial charge < -0.3 is 10.0 Å². The molecule has 1 aliphatic rings. The van der Waals surface area contributed by atoms with Crippen molar-refractivity contribution in [2.75, 3.05) is 18.0 Å². The maximum absolute atomic E-state index is 11.0. The first-order chi connectivity index (χ1) is 11.2. The number of rotatable bonds is 3. The Kier molecular flexibility index (Phi) is 3.74. The van der Waals surface area contributed by atoms with Gasteiger partial charge in [-0.25, -0.2) is 9.97 Å². The predicted molar refractivity (Wildman–Crippen MR) is 93.3 cm³/mol. The molecule has 0 aliphatic carbocycles. The second kappa shape index (κ2) is 5.90. The lowest BCUT2D eigenvalue weighted by atomic mass is 9.98. The zero-order chi connectivity index (χ0) is 15.8. The Morgan fingerprint density at radius 2 is 2.04 bits per heavy atom. The molecule has 0 atom stereocenters. The number of thiazole rings is 1. The van der Waals surface area contributed by atoms with Crippen LogP contribution >= 0.6 is 22.7 Å². The predicted octanol–water partition coefficient (Wildman–Crippen LogP) is 3.72. The average molecular weight is 345 g/mol. The van der Waals surface area contributed by atoms with Crippen molar-refractivity contribution in [3.63, 3.8) is 0 Å². The summed E-state index contributed by atoms with van der Waals surface area (Å²) in [6.07, 6.45) is 1.36. The number of carbonyl (C=O) groups is 1. The highest BCUT2D eigenvalue weighted by Gasteiger charge is 2.26. The minimum Gasteiger partial charge on any atom is -0.481 e. The van der Waals surface area contributed by atoms with Crippen LogP contribution in [0.15, 0.2) is 29.6 Å². The number of carboxylic acid groups (broad SMARTS) is 1. The second-order valence-electron chi connectivity index (χ2n) is 5.59. The van der Waals surface area contributed by atoms with E-state index in [0.29, 0.717) is 12.8 Å². The molecule has 1 N–H and O–H groups in total. The van der Waals surface area contributed by atoms with E-state index in [2.05, 4.69) is 16.0 Å². The zero-order valence-electron chi connectivity index (χ0n) is 12.3. The standard InChI is InChI=1S/C16H15N3O2S2/c20-15(21)10-5-7-19(8-6-10)16-18-12-4-3-11(17-14(12)23-16)13-2-1-9-22-13/h1-4,9-10H,5-8H2,(H,20,21). The molecule has 1 saturated heterocycles. The summed E-state index contributed by atoms with van der Waals surface area (Å²) in [7, 11) is 0. The molecule has 0 spiro atoms. The van der Waals surface area contributed by atoms with Crippen LogP contribution in [0.3, 0.4) is 0 Å². The third kappa shape index (κ3) is 2.82. The Labute approximate surface area is 141 Å². The maximum atomic E-state index is 11.0. The molecule has 0 aromatic carbocycles. The van der Waals surface area contributed by atoms with E-state index in [9.17, 15) is 4.79 Å². The molecule has 23 heavy (non-hydrogen) atoms. The van der Waals surface area contributed by atoms with Crippen LogP contribution in [-0.4, -0.2) is 34.1 Å². The Hall–Kier alpha value is -1.99. The van der Waals surface area contributed by atoms with Gasteiger partial charge >= 0.3 is 5.97 Å². The summed E-state index contributed by atoms with van der Waals surface area (Å²) in [5, 5.41) is 12.1. The van der Waals surface area contributed by atoms with Gasteiger partial charge in [-0.15, -0.1) is 11.3 Å². The van der Waals surface area contributed by atoms with Crippen molar-refractivity contribution in [3.05, 3.63) is 29.6 Å². The van der Waals surface area contributed by atoms with Crippen LogP contribution in [-0.2, 0) is 4.79 Å². The summed E-state index contributed by atoms with van der Waals surface area (Å²) in [4.78, 5) is 24.7. The lowest BCUT2D eigenvalue weighted by Crippen LogP contribution is -2.36. The molecule has 0 unspecified atom stereocenters. The van der Waals surface area contributed by atoms with Gasteiger partial charge in [0.2, 0.25) is 0 Å². The summed E-state index contributed by atoms with van der Waals surface area (Å²) >= 11 is 3.26. The Morgan fingerprint density at radius 1 is 1.22 bits per heavy atom. The molecular weight excluding hydrogens is 330 g/mol. The molecule has 0 bridgehead atoms. The number of hydrogen-bond acceptors (Lipinski definition) is 6. The Balaban J connectivity index is 1.59. The SMILES string of the molecule is O=C(O)C1CCN(c2nc3ccc(-c4cccs4)nc3s2)CC1. The monoisotopic (exact) mass is 345 g/mol. The third-order valence-electron chi connectivity index (χ3n) is 4.13. The number of thiophene rings is 1. The van der Waals surface area contributed by atoms with Gasteiger partial charge in [0.15, 0.2) is 5.13 Å². The summed E-state index contributed by atoms with van der Waals surface area (Å²) in [6, 6.07) is 8.11. The first-order valence-electron chi connectivity index (χ1n) is 7.50. The number of pyridine rings is 1. The van der Waals surface area contributed by atoms with Gasteiger partial charge in [0.05, 0.1) is 16.5 Å². The quantitative estimate of drug-likeness (QED) is 0.784. The number of piperidine rings is 1. The van der Waals surface area contributed by atoms with E-state index in [1.54, 1.807) is 22.7 Å². The highest BCUT2D eigenvalue weighted by atomic mass is 32.1. The van der Waals surface area contributed by atoms with E-state index < -0.39 is 5.97 Å². The molecule has 7 heteroatoms. The number of aliphatic carboxylic acids is 1. The molecule has 0 amide bonds. The number of fused-ring (bicyclic) bond motifs is 1. The topological polar surface area (TPSA) is 66.3 Å². The molecule has 118 valence electrons. The molecule has 1 aliphatic heterocycles. The normalized spacial score (nSPS) is 16.1. The summed E-state index contributed by atoms with van der Waals surface area (Å²) in [5.41, 5.74) is 1.89. The van der Waals surface area contributed by atoms with Crippen LogP contribution in [0.1, 0.15) is 12.8 Å². The summed E-state index contributed by atoms with van der Waals surface area (Å²) in [6.45, 7) is 1.49. The van der Waals surface area contributed by atoms with Gasteiger partial charge in [-0.05, 0) is 36.4 Å². The van der Waals surface area contributed by atoms with Crippen molar-refractivity contribution in [3.8, 4) is 10.6 Å². The fraction of sp³-hybridized carbons (Fsp3) is 0.312. The van der Waals surface area contributed by atoms with Gasteiger partial charge in [0.1, 0.15) is 10.3 Å². The van der Waals surface area contributed by atoms with Crippen molar-refractivity contribution in [2.45, 2.75) is 12.8 Å². The Bertz CT molecular complexity index is 836. The van der Waals surface area contributed by atoms with Crippen molar-refractivity contribution in [1.82, 2.24) is 9.97 Å². The number of nitrogens with zero attached hydrogens (tertiary/aromatic N) is 3. The molecule has 4 rings (SSSR count). The minimum absolute atomic E-state index is 0.218. The Morgan fingerprint density at radius 3 is 2.74 bits per heavy atom. The lowest BCUT2D eigenvalue weighted by Gasteiger charge is -2.29. The zero-order valence-corrected chi connectivity index (χ0v) is 13.9. The smallest absolute Gasteiger partial charge is 0.306 e.